The van der Waals surface area contributed by atoms with E-state index in [1.54, 1.807) is 11.8 Å². The van der Waals surface area contributed by atoms with Crippen molar-refractivity contribution in [2.75, 3.05) is 12.3 Å². The SMILES string of the molecule is CCC(c1ccc(Cl)cc1)N1CCSC1=NC#N. The first kappa shape index (κ1) is 13.3. The summed E-state index contributed by atoms with van der Waals surface area (Å²) in [5, 5.41) is 10.3. The average Bonchev–Trinajstić information content (AvgIpc) is 2.82. The van der Waals surface area contributed by atoms with E-state index in [9.17, 15) is 0 Å². The number of amidine groups is 1. The minimum Gasteiger partial charge on any atom is -0.343 e. The van der Waals surface area contributed by atoms with Crippen LogP contribution >= 0.6 is 23.4 Å². The van der Waals surface area contributed by atoms with E-state index in [4.69, 9.17) is 16.9 Å². The monoisotopic (exact) mass is 279 g/mol. The molecule has 94 valence electrons. The zero-order chi connectivity index (χ0) is 13.0. The Hall–Kier alpha value is -1.18. The van der Waals surface area contributed by atoms with Crippen LogP contribution in [0.5, 0.6) is 0 Å². The molecule has 2 rings (SSSR count). The molecule has 1 atom stereocenters. The Kier molecular flexibility index (Phi) is 4.51. The van der Waals surface area contributed by atoms with Crippen molar-refractivity contribution < 1.29 is 0 Å². The molecular formula is C13H14ClN3S. The van der Waals surface area contributed by atoms with Gasteiger partial charge in [-0.15, -0.1) is 4.99 Å². The molecule has 0 aromatic heterocycles. The maximum Gasteiger partial charge on any atom is 0.208 e. The summed E-state index contributed by atoms with van der Waals surface area (Å²) in [4.78, 5) is 6.11. The van der Waals surface area contributed by atoms with Crippen LogP contribution < -0.4 is 0 Å². The lowest BCUT2D eigenvalue weighted by Crippen LogP contribution is -2.29. The van der Waals surface area contributed by atoms with Crippen molar-refractivity contribution in [3.63, 3.8) is 0 Å². The Morgan fingerprint density at radius 3 is 2.83 bits per heavy atom. The van der Waals surface area contributed by atoms with E-state index in [2.05, 4.69) is 16.8 Å². The third-order valence-corrected chi connectivity index (χ3v) is 4.20. The Morgan fingerprint density at radius 1 is 1.50 bits per heavy atom. The fraction of sp³-hybridized carbons (Fsp3) is 0.385. The Morgan fingerprint density at radius 2 is 2.22 bits per heavy atom. The van der Waals surface area contributed by atoms with Crippen LogP contribution in [0.25, 0.3) is 0 Å². The summed E-state index contributed by atoms with van der Waals surface area (Å²) in [7, 11) is 0. The van der Waals surface area contributed by atoms with Crippen molar-refractivity contribution >= 4 is 28.5 Å². The summed E-state index contributed by atoms with van der Waals surface area (Å²) in [6.45, 7) is 3.08. The molecule has 1 fully saturated rings. The number of nitrogens with zero attached hydrogens (tertiary/aromatic N) is 3. The molecule has 0 amide bonds. The third-order valence-electron chi connectivity index (χ3n) is 2.97. The van der Waals surface area contributed by atoms with Crippen LogP contribution in [-0.2, 0) is 0 Å². The highest BCUT2D eigenvalue weighted by atomic mass is 35.5. The highest BCUT2D eigenvalue weighted by Crippen LogP contribution is 2.31. The number of benzene rings is 1. The van der Waals surface area contributed by atoms with Gasteiger partial charge in [-0.05, 0) is 24.1 Å². The number of thioether (sulfide) groups is 1. The molecule has 1 aliphatic heterocycles. The van der Waals surface area contributed by atoms with Gasteiger partial charge in [-0.2, -0.15) is 5.26 Å². The highest BCUT2D eigenvalue weighted by molar-refractivity contribution is 8.14. The molecular weight excluding hydrogens is 266 g/mol. The molecule has 0 bridgehead atoms. The average molecular weight is 280 g/mol. The second-order valence-electron chi connectivity index (χ2n) is 4.01. The molecule has 5 heteroatoms. The lowest BCUT2D eigenvalue weighted by Gasteiger charge is -2.28. The molecule has 0 saturated carbocycles. The van der Waals surface area contributed by atoms with E-state index < -0.39 is 0 Å². The summed E-state index contributed by atoms with van der Waals surface area (Å²) >= 11 is 7.56. The highest BCUT2D eigenvalue weighted by Gasteiger charge is 2.27. The maximum atomic E-state index is 8.71. The van der Waals surface area contributed by atoms with Crippen LogP contribution in [0, 0.1) is 11.5 Å². The predicted octanol–water partition coefficient (Wildman–Crippen LogP) is 3.68. The van der Waals surface area contributed by atoms with Crippen molar-refractivity contribution in [1.82, 2.24) is 4.90 Å². The topological polar surface area (TPSA) is 39.4 Å². The van der Waals surface area contributed by atoms with Gasteiger partial charge in [-0.1, -0.05) is 42.4 Å². The summed E-state index contributed by atoms with van der Waals surface area (Å²) < 4.78 is 0. The van der Waals surface area contributed by atoms with Crippen LogP contribution in [0.4, 0.5) is 0 Å². The summed E-state index contributed by atoms with van der Waals surface area (Å²) in [6, 6.07) is 8.17. The summed E-state index contributed by atoms with van der Waals surface area (Å²) in [6.07, 6.45) is 2.86. The molecule has 3 nitrogen and oxygen atoms in total. The lowest BCUT2D eigenvalue weighted by atomic mass is 10.0. The molecule has 1 aromatic rings. The molecule has 1 saturated heterocycles. The van der Waals surface area contributed by atoms with Gasteiger partial charge in [0, 0.05) is 17.3 Å². The first-order valence-corrected chi connectivity index (χ1v) is 7.24. The molecule has 1 aromatic carbocycles. The number of aliphatic imine (C=N–C) groups is 1. The Balaban J connectivity index is 2.26. The Bertz CT molecular complexity index is 478. The van der Waals surface area contributed by atoms with Gasteiger partial charge >= 0.3 is 0 Å². The van der Waals surface area contributed by atoms with Gasteiger partial charge in [0.25, 0.3) is 0 Å². The van der Waals surface area contributed by atoms with Gasteiger partial charge in [0.1, 0.15) is 0 Å². The van der Waals surface area contributed by atoms with Gasteiger partial charge < -0.3 is 4.90 Å². The van der Waals surface area contributed by atoms with E-state index in [1.807, 2.05) is 30.5 Å². The molecule has 1 unspecified atom stereocenters. The van der Waals surface area contributed by atoms with E-state index in [0.717, 1.165) is 28.9 Å². The van der Waals surface area contributed by atoms with Gasteiger partial charge in [0.15, 0.2) is 5.17 Å². The number of hydrogen-bond acceptors (Lipinski definition) is 3. The van der Waals surface area contributed by atoms with E-state index in [0.29, 0.717) is 0 Å². The van der Waals surface area contributed by atoms with Gasteiger partial charge in [0.05, 0.1) is 6.04 Å². The van der Waals surface area contributed by atoms with Crippen LogP contribution in [0.3, 0.4) is 0 Å². The fourth-order valence-corrected chi connectivity index (χ4v) is 3.25. The minimum atomic E-state index is 0.268. The number of nitriles is 1. The standard InChI is InChI=1S/C13H14ClN3S/c1-2-12(10-3-5-11(14)6-4-10)17-7-8-18-13(17)16-9-15/h3-6,12H,2,7-8H2,1H3. The molecule has 1 heterocycles. The maximum absolute atomic E-state index is 8.71. The first-order chi connectivity index (χ1) is 8.76. The number of halogens is 1. The second kappa shape index (κ2) is 6.12. The largest absolute Gasteiger partial charge is 0.343 e. The van der Waals surface area contributed by atoms with Crippen molar-refractivity contribution in [2.24, 2.45) is 4.99 Å². The lowest BCUT2D eigenvalue weighted by molar-refractivity contribution is 0.337. The van der Waals surface area contributed by atoms with E-state index in [1.165, 1.54) is 5.56 Å². The van der Waals surface area contributed by atoms with Crippen LogP contribution in [0.15, 0.2) is 29.3 Å². The normalized spacial score (nSPS) is 18.9. The number of rotatable bonds is 3. The van der Waals surface area contributed by atoms with Crippen molar-refractivity contribution in [1.29, 1.82) is 5.26 Å². The molecule has 0 radical (unpaired) electrons. The molecule has 18 heavy (non-hydrogen) atoms. The third kappa shape index (κ3) is 2.80. The van der Waals surface area contributed by atoms with Gasteiger partial charge in [0.2, 0.25) is 6.19 Å². The van der Waals surface area contributed by atoms with Gasteiger partial charge in [-0.25, -0.2) is 0 Å². The predicted molar refractivity (Wildman–Crippen MR) is 76.7 cm³/mol. The molecule has 0 N–H and O–H groups in total. The van der Waals surface area contributed by atoms with Crippen LogP contribution in [0.2, 0.25) is 5.02 Å². The summed E-state index contributed by atoms with van der Waals surface area (Å²) in [5.41, 5.74) is 1.22. The second-order valence-corrected chi connectivity index (χ2v) is 5.51. The first-order valence-electron chi connectivity index (χ1n) is 5.88. The quantitative estimate of drug-likeness (QED) is 0.793. The summed E-state index contributed by atoms with van der Waals surface area (Å²) in [5.74, 6) is 0.991. The van der Waals surface area contributed by atoms with Crippen LogP contribution in [0.1, 0.15) is 24.9 Å². The molecule has 0 spiro atoms. The Labute approximate surface area is 116 Å². The zero-order valence-electron chi connectivity index (χ0n) is 10.1. The van der Waals surface area contributed by atoms with Crippen molar-refractivity contribution in [3.05, 3.63) is 34.9 Å². The van der Waals surface area contributed by atoms with Gasteiger partial charge in [-0.3, -0.25) is 0 Å². The minimum absolute atomic E-state index is 0.268. The van der Waals surface area contributed by atoms with Crippen molar-refractivity contribution in [2.45, 2.75) is 19.4 Å². The number of hydrogen-bond donors (Lipinski definition) is 0. The van der Waals surface area contributed by atoms with E-state index >= 15 is 0 Å². The van der Waals surface area contributed by atoms with E-state index in [-0.39, 0.29) is 6.04 Å². The van der Waals surface area contributed by atoms with Crippen LogP contribution in [-0.4, -0.2) is 22.4 Å². The smallest absolute Gasteiger partial charge is 0.208 e. The molecule has 1 aliphatic rings. The zero-order valence-corrected chi connectivity index (χ0v) is 11.7. The molecule has 0 aliphatic carbocycles. The van der Waals surface area contributed by atoms with Crippen molar-refractivity contribution in [3.8, 4) is 6.19 Å². The fourth-order valence-electron chi connectivity index (χ4n) is 2.16.